The fourth-order valence-corrected chi connectivity index (χ4v) is 2.98. The van der Waals surface area contributed by atoms with Gasteiger partial charge in [0.1, 0.15) is 6.29 Å². The molecule has 0 amide bonds. The lowest BCUT2D eigenvalue weighted by Gasteiger charge is -2.35. The molecule has 0 radical (unpaired) electrons. The lowest BCUT2D eigenvalue weighted by atomic mass is 9.89. The van der Waals surface area contributed by atoms with Gasteiger partial charge in [-0.1, -0.05) is 27.2 Å². The van der Waals surface area contributed by atoms with E-state index in [-0.39, 0.29) is 6.04 Å². The minimum Gasteiger partial charge on any atom is -0.302 e. The van der Waals surface area contributed by atoms with Gasteiger partial charge in [-0.25, -0.2) is 0 Å². The third-order valence-electron chi connectivity index (χ3n) is 4.01. The summed E-state index contributed by atoms with van der Waals surface area (Å²) in [4.78, 5) is 13.3. The first-order chi connectivity index (χ1) is 7.11. The number of nitrogens with zero attached hydrogens (tertiary/aromatic N) is 1. The van der Waals surface area contributed by atoms with Crippen LogP contribution in [0.5, 0.6) is 0 Å². The highest BCUT2D eigenvalue weighted by atomic mass is 16.1. The molecule has 0 aromatic heterocycles. The van der Waals surface area contributed by atoms with Crippen molar-refractivity contribution in [1.82, 2.24) is 4.90 Å². The summed E-state index contributed by atoms with van der Waals surface area (Å²) in [5.41, 5.74) is 0. The minimum absolute atomic E-state index is 0.120. The molecular weight excluding hydrogens is 186 g/mol. The zero-order chi connectivity index (χ0) is 11.4. The van der Waals surface area contributed by atoms with E-state index >= 15 is 0 Å². The predicted molar refractivity (Wildman–Crippen MR) is 63.9 cm³/mol. The number of rotatable bonds is 5. The van der Waals surface area contributed by atoms with E-state index < -0.39 is 0 Å². The predicted octanol–water partition coefficient (Wildman–Crippen LogP) is 2.72. The van der Waals surface area contributed by atoms with Crippen LogP contribution in [0.3, 0.4) is 0 Å². The van der Waals surface area contributed by atoms with Crippen molar-refractivity contribution in [3.8, 4) is 0 Å². The van der Waals surface area contributed by atoms with E-state index in [1.165, 1.54) is 19.3 Å². The van der Waals surface area contributed by atoms with Crippen molar-refractivity contribution in [2.75, 3.05) is 7.05 Å². The molecule has 15 heavy (non-hydrogen) atoms. The Hall–Kier alpha value is -0.370. The molecule has 0 spiro atoms. The second-order valence-corrected chi connectivity index (χ2v) is 5.18. The molecule has 1 aliphatic carbocycles. The summed E-state index contributed by atoms with van der Waals surface area (Å²) in [5, 5.41) is 0. The number of likely N-dealkylation sites (N-methyl/N-ethyl adjacent to an activating group) is 1. The van der Waals surface area contributed by atoms with Crippen molar-refractivity contribution in [3.63, 3.8) is 0 Å². The molecule has 1 rings (SSSR count). The van der Waals surface area contributed by atoms with E-state index in [1.54, 1.807) is 0 Å². The molecule has 2 heteroatoms. The van der Waals surface area contributed by atoms with Gasteiger partial charge < -0.3 is 4.79 Å². The highest BCUT2D eigenvalue weighted by molar-refractivity contribution is 5.57. The third-order valence-corrected chi connectivity index (χ3v) is 4.01. The summed E-state index contributed by atoms with van der Waals surface area (Å²) >= 11 is 0. The molecule has 1 fully saturated rings. The highest BCUT2D eigenvalue weighted by Gasteiger charge is 2.34. The Morgan fingerprint density at radius 2 is 2.07 bits per heavy atom. The molecule has 0 aliphatic heterocycles. The molecule has 3 unspecified atom stereocenters. The first kappa shape index (κ1) is 12.7. The van der Waals surface area contributed by atoms with Gasteiger partial charge in [0.05, 0.1) is 6.04 Å². The van der Waals surface area contributed by atoms with Crippen LogP contribution in [0.15, 0.2) is 0 Å². The topological polar surface area (TPSA) is 20.3 Å². The number of hydrogen-bond donors (Lipinski definition) is 0. The van der Waals surface area contributed by atoms with Crippen LogP contribution in [0.1, 0.15) is 46.5 Å². The Labute approximate surface area is 94.0 Å². The van der Waals surface area contributed by atoms with Gasteiger partial charge in [0.2, 0.25) is 0 Å². The molecule has 88 valence electrons. The van der Waals surface area contributed by atoms with Crippen LogP contribution in [0.2, 0.25) is 0 Å². The van der Waals surface area contributed by atoms with Gasteiger partial charge in [0.25, 0.3) is 0 Å². The van der Waals surface area contributed by atoms with Crippen molar-refractivity contribution in [1.29, 1.82) is 0 Å². The molecule has 0 aromatic rings. The van der Waals surface area contributed by atoms with E-state index in [4.69, 9.17) is 0 Å². The summed E-state index contributed by atoms with van der Waals surface area (Å²) in [6.45, 7) is 6.70. The number of carbonyl (C=O) groups is 1. The van der Waals surface area contributed by atoms with E-state index in [1.807, 2.05) is 0 Å². The van der Waals surface area contributed by atoms with Crippen molar-refractivity contribution in [2.45, 2.75) is 58.5 Å². The van der Waals surface area contributed by atoms with Crippen LogP contribution in [-0.4, -0.2) is 30.3 Å². The van der Waals surface area contributed by atoms with Gasteiger partial charge in [0, 0.05) is 6.04 Å². The molecule has 2 nitrogen and oxygen atoms in total. The summed E-state index contributed by atoms with van der Waals surface area (Å²) in [6.07, 6.45) is 5.97. The second-order valence-electron chi connectivity index (χ2n) is 5.18. The summed E-state index contributed by atoms with van der Waals surface area (Å²) in [5.74, 6) is 1.52. The number of aldehydes is 1. The average Bonchev–Trinajstić information content (AvgIpc) is 2.67. The summed E-state index contributed by atoms with van der Waals surface area (Å²) in [7, 11) is 2.12. The number of carbonyl (C=O) groups excluding carboxylic acids is 1. The maximum absolute atomic E-state index is 11.0. The number of hydrogen-bond acceptors (Lipinski definition) is 2. The smallest absolute Gasteiger partial charge is 0.137 e. The first-order valence-corrected chi connectivity index (χ1v) is 6.29. The van der Waals surface area contributed by atoms with Gasteiger partial charge in [0.15, 0.2) is 0 Å². The zero-order valence-corrected chi connectivity index (χ0v) is 10.6. The zero-order valence-electron chi connectivity index (χ0n) is 10.6. The van der Waals surface area contributed by atoms with Crippen LogP contribution >= 0.6 is 0 Å². The van der Waals surface area contributed by atoms with Gasteiger partial charge >= 0.3 is 0 Å². The molecule has 0 aromatic carbocycles. The van der Waals surface area contributed by atoms with Crippen molar-refractivity contribution >= 4 is 6.29 Å². The lowest BCUT2D eigenvalue weighted by molar-refractivity contribution is -0.113. The third kappa shape index (κ3) is 2.81. The van der Waals surface area contributed by atoms with Crippen LogP contribution in [0.25, 0.3) is 0 Å². The monoisotopic (exact) mass is 211 g/mol. The Bertz CT molecular complexity index is 203. The van der Waals surface area contributed by atoms with E-state index in [0.29, 0.717) is 6.04 Å². The molecule has 1 saturated carbocycles. The van der Waals surface area contributed by atoms with Crippen LogP contribution in [-0.2, 0) is 4.79 Å². The minimum atomic E-state index is 0.120. The maximum atomic E-state index is 11.0. The van der Waals surface area contributed by atoms with E-state index in [2.05, 4.69) is 32.7 Å². The standard InChI is InChI=1S/C13H25NO/c1-5-11(9-15)14(4)13-8-6-7-12(13)10(2)3/h9-13H,5-8H2,1-4H3. The fraction of sp³-hybridized carbons (Fsp3) is 0.923. The average molecular weight is 211 g/mol. The second kappa shape index (κ2) is 5.64. The molecular formula is C13H25NO. The van der Waals surface area contributed by atoms with Crippen molar-refractivity contribution < 1.29 is 4.79 Å². The molecule has 1 aliphatic rings. The van der Waals surface area contributed by atoms with E-state index in [9.17, 15) is 4.79 Å². The van der Waals surface area contributed by atoms with Gasteiger partial charge in [-0.05, 0) is 38.1 Å². The quantitative estimate of drug-likeness (QED) is 0.652. The van der Waals surface area contributed by atoms with E-state index in [0.717, 1.165) is 24.5 Å². The summed E-state index contributed by atoms with van der Waals surface area (Å²) in [6, 6.07) is 0.745. The van der Waals surface area contributed by atoms with Crippen LogP contribution in [0, 0.1) is 11.8 Å². The molecule has 3 atom stereocenters. The molecule has 0 bridgehead atoms. The van der Waals surface area contributed by atoms with Gasteiger partial charge in [-0.15, -0.1) is 0 Å². The Morgan fingerprint density at radius 3 is 2.53 bits per heavy atom. The lowest BCUT2D eigenvalue weighted by Crippen LogP contribution is -2.43. The molecule has 0 N–H and O–H groups in total. The normalized spacial score (nSPS) is 28.7. The largest absolute Gasteiger partial charge is 0.302 e. The Morgan fingerprint density at radius 1 is 1.40 bits per heavy atom. The van der Waals surface area contributed by atoms with Crippen molar-refractivity contribution in [2.24, 2.45) is 11.8 Å². The highest BCUT2D eigenvalue weighted by Crippen LogP contribution is 2.35. The van der Waals surface area contributed by atoms with Crippen LogP contribution < -0.4 is 0 Å². The maximum Gasteiger partial charge on any atom is 0.137 e. The first-order valence-electron chi connectivity index (χ1n) is 6.29. The van der Waals surface area contributed by atoms with Crippen molar-refractivity contribution in [3.05, 3.63) is 0 Å². The Balaban J connectivity index is 2.64. The Kier molecular flexibility index (Phi) is 4.78. The fourth-order valence-electron chi connectivity index (χ4n) is 2.98. The summed E-state index contributed by atoms with van der Waals surface area (Å²) < 4.78 is 0. The SMILES string of the molecule is CCC(C=O)N(C)C1CCCC1C(C)C. The molecule has 0 heterocycles. The van der Waals surface area contributed by atoms with Gasteiger partial charge in [-0.2, -0.15) is 0 Å². The van der Waals surface area contributed by atoms with Crippen LogP contribution in [0.4, 0.5) is 0 Å². The van der Waals surface area contributed by atoms with Gasteiger partial charge in [-0.3, -0.25) is 4.90 Å². The molecule has 0 saturated heterocycles.